The summed E-state index contributed by atoms with van der Waals surface area (Å²) in [5.74, 6) is 1.54. The van der Waals surface area contributed by atoms with Gasteiger partial charge < -0.3 is 11.1 Å². The zero-order valence-corrected chi connectivity index (χ0v) is 17.5. The third-order valence-corrected chi connectivity index (χ3v) is 5.93. The molecule has 0 fully saturated rings. The fraction of sp³-hybridized carbons (Fsp3) is 0.412. The number of hydrogen-bond acceptors (Lipinski definition) is 4. The van der Waals surface area contributed by atoms with Gasteiger partial charge in [-0.15, -0.1) is 35.3 Å². The van der Waals surface area contributed by atoms with Gasteiger partial charge in [0.05, 0.1) is 0 Å². The van der Waals surface area contributed by atoms with Gasteiger partial charge in [-0.3, -0.25) is 4.99 Å². The lowest BCUT2D eigenvalue weighted by atomic mass is 9.90. The second kappa shape index (κ2) is 10.2. The first-order chi connectivity index (χ1) is 11.3. The Bertz CT molecular complexity index is 659. The Labute approximate surface area is 168 Å². The summed E-state index contributed by atoms with van der Waals surface area (Å²) in [6.07, 6.45) is 7.70. The van der Waals surface area contributed by atoms with Gasteiger partial charge in [0.25, 0.3) is 0 Å². The van der Waals surface area contributed by atoms with Crippen LogP contribution < -0.4 is 11.1 Å². The smallest absolute Gasteiger partial charge is 0.193 e. The number of benzene rings is 1. The Morgan fingerprint density at radius 3 is 3.04 bits per heavy atom. The molecule has 0 unspecified atom stereocenters. The lowest BCUT2D eigenvalue weighted by molar-refractivity contribution is 0.687. The number of thioether (sulfide) groups is 1. The van der Waals surface area contributed by atoms with Gasteiger partial charge in [-0.1, -0.05) is 23.9 Å². The van der Waals surface area contributed by atoms with Crippen LogP contribution in [0.4, 0.5) is 5.69 Å². The van der Waals surface area contributed by atoms with Gasteiger partial charge in [-0.2, -0.15) is 0 Å². The maximum Gasteiger partial charge on any atom is 0.193 e. The predicted molar refractivity (Wildman–Crippen MR) is 116 cm³/mol. The van der Waals surface area contributed by atoms with Gasteiger partial charge in [0.1, 0.15) is 4.34 Å². The van der Waals surface area contributed by atoms with Crippen LogP contribution in [-0.4, -0.2) is 23.2 Å². The molecule has 1 aliphatic rings. The molecule has 0 radical (unpaired) electrons. The lowest BCUT2D eigenvalue weighted by Gasteiger charge is -2.19. The van der Waals surface area contributed by atoms with Gasteiger partial charge in [-0.05, 0) is 49.3 Å². The summed E-state index contributed by atoms with van der Waals surface area (Å²) in [5, 5.41) is 5.29. The number of nitrogens with two attached hydrogens (primary N) is 1. The SMILES string of the molecule is I.NC(=NCCCSc1nccs1)Nc1cccc2c1CCCC2. The zero-order valence-electron chi connectivity index (χ0n) is 13.5. The zero-order chi connectivity index (χ0) is 15.9. The highest BCUT2D eigenvalue weighted by Crippen LogP contribution is 2.27. The summed E-state index contributed by atoms with van der Waals surface area (Å²) in [5.41, 5.74) is 10.0. The molecule has 3 rings (SSSR count). The van der Waals surface area contributed by atoms with Gasteiger partial charge in [-0.25, -0.2) is 4.98 Å². The van der Waals surface area contributed by atoms with Crippen LogP contribution in [0.5, 0.6) is 0 Å². The lowest BCUT2D eigenvalue weighted by Crippen LogP contribution is -2.24. The molecule has 1 heterocycles. The topological polar surface area (TPSA) is 63.3 Å². The van der Waals surface area contributed by atoms with Crippen LogP contribution in [0, 0.1) is 0 Å². The van der Waals surface area contributed by atoms with Crippen LogP contribution in [0.15, 0.2) is 39.1 Å². The van der Waals surface area contributed by atoms with Gasteiger partial charge >= 0.3 is 0 Å². The molecule has 1 aromatic heterocycles. The fourth-order valence-electron chi connectivity index (χ4n) is 2.78. The van der Waals surface area contributed by atoms with Crippen molar-refractivity contribution in [2.45, 2.75) is 36.4 Å². The first-order valence-electron chi connectivity index (χ1n) is 8.03. The van der Waals surface area contributed by atoms with Crippen LogP contribution in [-0.2, 0) is 12.8 Å². The van der Waals surface area contributed by atoms with E-state index >= 15 is 0 Å². The Balaban J connectivity index is 0.00000208. The summed E-state index contributed by atoms with van der Waals surface area (Å²) < 4.78 is 1.12. The third kappa shape index (κ3) is 5.63. The number of halogens is 1. The van der Waals surface area contributed by atoms with E-state index in [9.17, 15) is 0 Å². The standard InChI is InChI=1S/C17H22N4S2.HI/c18-16(19-9-4-11-22-17-20-10-12-23-17)21-15-8-3-6-13-5-1-2-7-14(13)15;/h3,6,8,10,12H,1-2,4-5,7,9,11H2,(H3,18,19,21);1H. The molecular weight excluding hydrogens is 451 g/mol. The summed E-state index contributed by atoms with van der Waals surface area (Å²) in [6, 6.07) is 6.43. The number of guanidine groups is 1. The van der Waals surface area contributed by atoms with E-state index in [-0.39, 0.29) is 24.0 Å². The highest BCUT2D eigenvalue weighted by atomic mass is 127. The number of anilines is 1. The van der Waals surface area contributed by atoms with Gasteiger partial charge in [0, 0.05) is 29.6 Å². The predicted octanol–water partition coefficient (Wildman–Crippen LogP) is 4.55. The van der Waals surface area contributed by atoms with Crippen LogP contribution in [0.2, 0.25) is 0 Å². The highest BCUT2D eigenvalue weighted by molar-refractivity contribution is 14.0. The molecule has 1 aromatic carbocycles. The molecule has 0 atom stereocenters. The Morgan fingerprint density at radius 1 is 1.33 bits per heavy atom. The fourth-order valence-corrected chi connectivity index (χ4v) is 4.41. The van der Waals surface area contributed by atoms with E-state index in [1.165, 1.54) is 30.4 Å². The first kappa shape index (κ1) is 19.5. The van der Waals surface area contributed by atoms with E-state index in [1.54, 1.807) is 23.1 Å². The third-order valence-electron chi connectivity index (χ3n) is 3.88. The monoisotopic (exact) mass is 474 g/mol. The van der Waals surface area contributed by atoms with Crippen molar-refractivity contribution in [3.05, 3.63) is 40.9 Å². The van der Waals surface area contributed by atoms with Crippen molar-refractivity contribution in [2.75, 3.05) is 17.6 Å². The highest BCUT2D eigenvalue weighted by Gasteiger charge is 2.12. The van der Waals surface area contributed by atoms with Crippen LogP contribution in [0.1, 0.15) is 30.4 Å². The number of nitrogens with zero attached hydrogens (tertiary/aromatic N) is 2. The average Bonchev–Trinajstić information content (AvgIpc) is 3.08. The molecule has 4 nitrogen and oxygen atoms in total. The van der Waals surface area contributed by atoms with Crippen molar-refractivity contribution in [3.8, 4) is 0 Å². The molecule has 0 saturated heterocycles. The minimum atomic E-state index is 0. The van der Waals surface area contributed by atoms with Crippen molar-refractivity contribution in [3.63, 3.8) is 0 Å². The summed E-state index contributed by atoms with van der Waals surface area (Å²) in [6.45, 7) is 0.742. The summed E-state index contributed by atoms with van der Waals surface area (Å²) >= 11 is 3.46. The minimum Gasteiger partial charge on any atom is -0.370 e. The van der Waals surface area contributed by atoms with E-state index in [0.717, 1.165) is 35.2 Å². The summed E-state index contributed by atoms with van der Waals surface area (Å²) in [7, 11) is 0. The minimum absolute atomic E-state index is 0. The quantitative estimate of drug-likeness (QED) is 0.212. The Hall–Kier alpha value is -0.800. The van der Waals surface area contributed by atoms with E-state index in [0.29, 0.717) is 5.96 Å². The molecule has 0 bridgehead atoms. The molecule has 130 valence electrons. The molecule has 0 amide bonds. The maximum absolute atomic E-state index is 6.04. The number of nitrogens with one attached hydrogen (secondary N) is 1. The van der Waals surface area contributed by atoms with E-state index in [2.05, 4.69) is 33.5 Å². The van der Waals surface area contributed by atoms with Gasteiger partial charge in [0.2, 0.25) is 0 Å². The molecule has 0 aliphatic heterocycles. The number of aryl methyl sites for hydroxylation is 1. The molecule has 2 aromatic rings. The molecule has 7 heteroatoms. The van der Waals surface area contributed by atoms with Crippen molar-refractivity contribution >= 4 is 58.7 Å². The van der Waals surface area contributed by atoms with Crippen LogP contribution in [0.3, 0.4) is 0 Å². The second-order valence-corrected chi connectivity index (χ2v) is 7.78. The molecular formula is C17H23IN4S2. The molecule has 0 spiro atoms. The average molecular weight is 474 g/mol. The van der Waals surface area contributed by atoms with E-state index in [4.69, 9.17) is 5.73 Å². The first-order valence-corrected chi connectivity index (χ1v) is 9.89. The Morgan fingerprint density at radius 2 is 2.21 bits per heavy atom. The molecule has 24 heavy (non-hydrogen) atoms. The number of rotatable bonds is 6. The Kier molecular flexibility index (Phi) is 8.34. The molecule has 3 N–H and O–H groups in total. The van der Waals surface area contributed by atoms with E-state index in [1.807, 2.05) is 11.6 Å². The molecule has 1 aliphatic carbocycles. The van der Waals surface area contributed by atoms with Crippen molar-refractivity contribution in [1.82, 2.24) is 4.98 Å². The normalized spacial score (nSPS) is 13.9. The van der Waals surface area contributed by atoms with E-state index < -0.39 is 0 Å². The van der Waals surface area contributed by atoms with Crippen molar-refractivity contribution < 1.29 is 0 Å². The largest absolute Gasteiger partial charge is 0.370 e. The number of hydrogen-bond donors (Lipinski definition) is 2. The molecule has 0 saturated carbocycles. The number of aromatic nitrogens is 1. The number of thiazole rings is 1. The van der Waals surface area contributed by atoms with Gasteiger partial charge in [0.15, 0.2) is 5.96 Å². The number of fused-ring (bicyclic) bond motifs is 1. The summed E-state index contributed by atoms with van der Waals surface area (Å²) in [4.78, 5) is 8.69. The number of aliphatic imine (C=N–C) groups is 1. The second-order valence-electron chi connectivity index (χ2n) is 5.54. The van der Waals surface area contributed by atoms with Crippen molar-refractivity contribution in [1.29, 1.82) is 0 Å². The van der Waals surface area contributed by atoms with Crippen LogP contribution in [0.25, 0.3) is 0 Å². The van der Waals surface area contributed by atoms with Crippen molar-refractivity contribution in [2.24, 2.45) is 10.7 Å². The maximum atomic E-state index is 6.04. The van der Waals surface area contributed by atoms with Crippen LogP contribution >= 0.6 is 47.1 Å².